The number of nitro benzene ring substituents is 1. The summed E-state index contributed by atoms with van der Waals surface area (Å²) in [5.41, 5.74) is -2.14. The average molecular weight is 294 g/mol. The molecule has 0 amide bonds. The number of hydrogen-bond acceptors (Lipinski definition) is 3. The molecule has 2 rings (SSSR count). The summed E-state index contributed by atoms with van der Waals surface area (Å²) >= 11 is 5.55. The van der Waals surface area contributed by atoms with Gasteiger partial charge in [0.15, 0.2) is 0 Å². The standard InChI is InChI=1S/C10H7ClF3N3O2/c1-2-16-4-15-6-3-5(10(12,13)14)7(11)9(8(6)16)17(18)19/h3-4H,2H2,1H3. The number of aryl methyl sites for hydroxylation is 1. The molecule has 0 atom stereocenters. The minimum atomic E-state index is -4.77. The van der Waals surface area contributed by atoms with Crippen molar-refractivity contribution in [3.8, 4) is 0 Å². The van der Waals surface area contributed by atoms with Crippen LogP contribution in [0.5, 0.6) is 0 Å². The van der Waals surface area contributed by atoms with Crippen LogP contribution in [0.25, 0.3) is 11.0 Å². The fraction of sp³-hybridized carbons (Fsp3) is 0.300. The molecule has 5 nitrogen and oxygen atoms in total. The van der Waals surface area contributed by atoms with E-state index in [-0.39, 0.29) is 11.0 Å². The number of benzene rings is 1. The Bertz CT molecular complexity index is 666. The van der Waals surface area contributed by atoms with E-state index in [4.69, 9.17) is 11.6 Å². The van der Waals surface area contributed by atoms with Gasteiger partial charge in [-0.25, -0.2) is 4.98 Å². The first-order chi connectivity index (χ1) is 8.77. The maximum atomic E-state index is 12.8. The number of hydrogen-bond donors (Lipinski definition) is 0. The van der Waals surface area contributed by atoms with Gasteiger partial charge in [0, 0.05) is 6.54 Å². The predicted molar refractivity (Wildman–Crippen MR) is 62.1 cm³/mol. The van der Waals surface area contributed by atoms with E-state index in [1.807, 2.05) is 0 Å². The lowest BCUT2D eigenvalue weighted by molar-refractivity contribution is -0.383. The van der Waals surface area contributed by atoms with Gasteiger partial charge in [-0.15, -0.1) is 0 Å². The van der Waals surface area contributed by atoms with Crippen molar-refractivity contribution in [3.05, 3.63) is 33.1 Å². The van der Waals surface area contributed by atoms with E-state index in [1.165, 1.54) is 10.9 Å². The molecular weight excluding hydrogens is 287 g/mol. The van der Waals surface area contributed by atoms with Crippen LogP contribution in [-0.2, 0) is 12.7 Å². The van der Waals surface area contributed by atoms with Crippen LogP contribution in [0.4, 0.5) is 18.9 Å². The van der Waals surface area contributed by atoms with Crippen LogP contribution in [0.1, 0.15) is 12.5 Å². The summed E-state index contributed by atoms with van der Waals surface area (Å²) in [6, 6.07) is 0.719. The molecular formula is C10H7ClF3N3O2. The molecule has 0 unspecified atom stereocenters. The quantitative estimate of drug-likeness (QED) is 0.627. The molecule has 0 aliphatic heterocycles. The largest absolute Gasteiger partial charge is 0.418 e. The number of rotatable bonds is 2. The minimum absolute atomic E-state index is 0.00880. The summed E-state index contributed by atoms with van der Waals surface area (Å²) in [4.78, 5) is 13.8. The molecule has 102 valence electrons. The molecule has 9 heteroatoms. The fourth-order valence-electron chi connectivity index (χ4n) is 1.81. The van der Waals surface area contributed by atoms with Gasteiger partial charge in [-0.2, -0.15) is 13.2 Å². The number of nitrogens with zero attached hydrogens (tertiary/aromatic N) is 3. The van der Waals surface area contributed by atoms with E-state index >= 15 is 0 Å². The van der Waals surface area contributed by atoms with E-state index < -0.39 is 27.4 Å². The van der Waals surface area contributed by atoms with Gasteiger partial charge in [0.2, 0.25) is 0 Å². The molecule has 0 aliphatic carbocycles. The lowest BCUT2D eigenvalue weighted by atomic mass is 10.1. The van der Waals surface area contributed by atoms with Crippen LogP contribution in [-0.4, -0.2) is 14.5 Å². The van der Waals surface area contributed by atoms with Crippen LogP contribution < -0.4 is 0 Å². The maximum Gasteiger partial charge on any atom is 0.418 e. The lowest BCUT2D eigenvalue weighted by Crippen LogP contribution is -2.08. The van der Waals surface area contributed by atoms with Gasteiger partial charge in [-0.05, 0) is 13.0 Å². The second kappa shape index (κ2) is 4.37. The molecule has 2 aromatic rings. The Morgan fingerprint density at radius 2 is 2.16 bits per heavy atom. The molecule has 0 radical (unpaired) electrons. The van der Waals surface area contributed by atoms with Gasteiger partial charge < -0.3 is 4.57 Å². The molecule has 0 bridgehead atoms. The SMILES string of the molecule is CCn1cnc2cc(C(F)(F)F)c(Cl)c([N+](=O)[O-])c21. The third kappa shape index (κ3) is 2.12. The number of nitro groups is 1. The number of fused-ring (bicyclic) bond motifs is 1. The van der Waals surface area contributed by atoms with E-state index in [1.54, 1.807) is 6.92 Å². The van der Waals surface area contributed by atoms with Crippen LogP contribution >= 0.6 is 11.6 Å². The summed E-state index contributed by atoms with van der Waals surface area (Å²) in [6.07, 6.45) is -3.53. The van der Waals surface area contributed by atoms with Crippen molar-refractivity contribution >= 4 is 28.3 Å². The van der Waals surface area contributed by atoms with Crippen molar-refractivity contribution < 1.29 is 18.1 Å². The van der Waals surface area contributed by atoms with Gasteiger partial charge in [0.25, 0.3) is 0 Å². The zero-order valence-corrected chi connectivity index (χ0v) is 10.3. The molecule has 19 heavy (non-hydrogen) atoms. The Kier molecular flexibility index (Phi) is 3.13. The first-order valence-electron chi connectivity index (χ1n) is 5.16. The third-order valence-corrected chi connectivity index (χ3v) is 3.03. The minimum Gasteiger partial charge on any atom is -0.325 e. The molecule has 0 spiro atoms. The smallest absolute Gasteiger partial charge is 0.325 e. The molecule has 1 heterocycles. The van der Waals surface area contributed by atoms with Gasteiger partial charge in [0.1, 0.15) is 10.5 Å². The zero-order valence-electron chi connectivity index (χ0n) is 9.53. The number of alkyl halides is 3. The fourth-order valence-corrected chi connectivity index (χ4v) is 2.13. The first-order valence-corrected chi connectivity index (χ1v) is 5.54. The Morgan fingerprint density at radius 1 is 1.53 bits per heavy atom. The van der Waals surface area contributed by atoms with Crippen molar-refractivity contribution in [3.63, 3.8) is 0 Å². The van der Waals surface area contributed by atoms with Crippen molar-refractivity contribution in [2.45, 2.75) is 19.6 Å². The Morgan fingerprint density at radius 3 is 2.63 bits per heavy atom. The Hall–Kier alpha value is -1.83. The molecule has 0 aliphatic rings. The monoisotopic (exact) mass is 293 g/mol. The van der Waals surface area contributed by atoms with Crippen LogP contribution in [0, 0.1) is 10.1 Å². The lowest BCUT2D eigenvalue weighted by Gasteiger charge is -2.10. The second-order valence-corrected chi connectivity index (χ2v) is 4.12. The van der Waals surface area contributed by atoms with Crippen molar-refractivity contribution in [2.75, 3.05) is 0 Å². The van der Waals surface area contributed by atoms with Gasteiger partial charge >= 0.3 is 11.9 Å². The maximum absolute atomic E-state index is 12.8. The van der Waals surface area contributed by atoms with E-state index in [2.05, 4.69) is 4.98 Å². The topological polar surface area (TPSA) is 61.0 Å². The Balaban J connectivity index is 2.93. The first kappa shape index (κ1) is 13.6. The molecule has 0 saturated carbocycles. The normalized spacial score (nSPS) is 12.1. The Labute approximate surface area is 109 Å². The van der Waals surface area contributed by atoms with E-state index in [9.17, 15) is 23.3 Å². The van der Waals surface area contributed by atoms with Gasteiger partial charge in [0.05, 0.1) is 22.3 Å². The number of aromatic nitrogens is 2. The zero-order chi connectivity index (χ0) is 14.4. The van der Waals surface area contributed by atoms with Crippen molar-refractivity contribution in [1.82, 2.24) is 9.55 Å². The number of halogens is 4. The summed E-state index contributed by atoms with van der Waals surface area (Å²) in [5.74, 6) is 0. The average Bonchev–Trinajstić information content (AvgIpc) is 2.68. The highest BCUT2D eigenvalue weighted by Crippen LogP contribution is 2.43. The summed E-state index contributed by atoms with van der Waals surface area (Å²) in [5, 5.41) is 10.1. The second-order valence-electron chi connectivity index (χ2n) is 3.74. The highest BCUT2D eigenvalue weighted by molar-refractivity contribution is 6.34. The van der Waals surface area contributed by atoms with Crippen LogP contribution in [0.2, 0.25) is 5.02 Å². The third-order valence-electron chi connectivity index (χ3n) is 2.64. The van der Waals surface area contributed by atoms with E-state index in [0.29, 0.717) is 6.54 Å². The van der Waals surface area contributed by atoms with Gasteiger partial charge in [-0.3, -0.25) is 10.1 Å². The van der Waals surface area contributed by atoms with Crippen molar-refractivity contribution in [1.29, 1.82) is 0 Å². The highest BCUT2D eigenvalue weighted by Gasteiger charge is 2.38. The molecule has 0 saturated heterocycles. The molecule has 0 N–H and O–H groups in total. The van der Waals surface area contributed by atoms with Gasteiger partial charge in [-0.1, -0.05) is 11.6 Å². The van der Waals surface area contributed by atoms with Crippen LogP contribution in [0.15, 0.2) is 12.4 Å². The molecule has 0 fully saturated rings. The summed E-state index contributed by atoms with van der Waals surface area (Å²) in [7, 11) is 0. The summed E-state index contributed by atoms with van der Waals surface area (Å²) < 4.78 is 39.7. The molecule has 1 aromatic carbocycles. The molecule has 1 aromatic heterocycles. The number of imidazole rings is 1. The highest BCUT2D eigenvalue weighted by atomic mass is 35.5. The predicted octanol–water partition coefficient (Wildman–Crippen LogP) is 3.64. The van der Waals surface area contributed by atoms with E-state index in [0.717, 1.165) is 6.07 Å². The van der Waals surface area contributed by atoms with Crippen LogP contribution in [0.3, 0.4) is 0 Å². The van der Waals surface area contributed by atoms with Crippen molar-refractivity contribution in [2.24, 2.45) is 0 Å². The summed E-state index contributed by atoms with van der Waals surface area (Å²) in [6.45, 7) is 2.02.